The normalized spacial score (nSPS) is 15.2. The first-order chi connectivity index (χ1) is 15.6. The van der Waals surface area contributed by atoms with Crippen molar-refractivity contribution < 1.29 is 28.6 Å². The predicted octanol–water partition coefficient (Wildman–Crippen LogP) is 3.97. The van der Waals surface area contributed by atoms with Gasteiger partial charge in [0, 0.05) is 6.42 Å². The Balaban J connectivity index is 1.35. The third-order valence-corrected chi connectivity index (χ3v) is 5.01. The molecule has 1 heterocycles. The van der Waals surface area contributed by atoms with Gasteiger partial charge in [0.2, 0.25) is 0 Å². The highest BCUT2D eigenvalue weighted by Crippen LogP contribution is 2.21. The van der Waals surface area contributed by atoms with Crippen LogP contribution in [0.1, 0.15) is 21.5 Å². The fourth-order valence-electron chi connectivity index (χ4n) is 3.28. The minimum Gasteiger partial charge on any atom is -0.444 e. The van der Waals surface area contributed by atoms with Crippen LogP contribution in [0, 0.1) is 0 Å². The van der Waals surface area contributed by atoms with Crippen LogP contribution < -0.4 is 4.74 Å². The summed E-state index contributed by atoms with van der Waals surface area (Å²) in [6.07, 6.45) is -0.357. The fourth-order valence-corrected chi connectivity index (χ4v) is 3.28. The molecule has 1 atom stereocenters. The molecule has 3 aromatic rings. The van der Waals surface area contributed by atoms with E-state index in [0.29, 0.717) is 11.3 Å². The number of esters is 2. The van der Waals surface area contributed by atoms with E-state index in [-0.39, 0.29) is 19.8 Å². The largest absolute Gasteiger partial charge is 0.444 e. The molecule has 1 aliphatic heterocycles. The van der Waals surface area contributed by atoms with Crippen LogP contribution in [-0.4, -0.2) is 35.7 Å². The van der Waals surface area contributed by atoms with Gasteiger partial charge in [-0.25, -0.2) is 14.4 Å². The van der Waals surface area contributed by atoms with E-state index in [0.717, 1.165) is 11.1 Å². The average Bonchev–Trinajstić information content (AvgIpc) is 3.20. The maximum absolute atomic E-state index is 12.5. The summed E-state index contributed by atoms with van der Waals surface area (Å²) in [6.45, 7) is -0.0392. The summed E-state index contributed by atoms with van der Waals surface area (Å²) in [5.41, 5.74) is 2.09. The van der Waals surface area contributed by atoms with Crippen LogP contribution in [0.2, 0.25) is 0 Å². The summed E-state index contributed by atoms with van der Waals surface area (Å²) < 4.78 is 15.8. The third-order valence-electron chi connectivity index (χ3n) is 5.01. The Morgan fingerprint density at radius 3 is 2.22 bits per heavy atom. The number of cyclic esters (lactones) is 1. The van der Waals surface area contributed by atoms with Crippen LogP contribution in [0.15, 0.2) is 84.9 Å². The molecule has 0 unspecified atom stereocenters. The van der Waals surface area contributed by atoms with Crippen molar-refractivity contribution in [2.24, 2.45) is 0 Å². The van der Waals surface area contributed by atoms with Crippen molar-refractivity contribution in [3.63, 3.8) is 0 Å². The van der Waals surface area contributed by atoms with Gasteiger partial charge in [-0.2, -0.15) is 0 Å². The maximum Gasteiger partial charge on any atom is 0.413 e. The second kappa shape index (κ2) is 9.78. The minimum atomic E-state index is -0.781. The quantitative estimate of drug-likeness (QED) is 0.434. The maximum atomic E-state index is 12.5. The molecule has 162 valence electrons. The SMILES string of the molecule is O=C(Oc1ccc(C[C@H]2C(=O)OCN2C(=O)OCc2ccccc2)cc1)c1ccccc1. The van der Waals surface area contributed by atoms with Gasteiger partial charge in [-0.05, 0) is 35.4 Å². The van der Waals surface area contributed by atoms with E-state index in [4.69, 9.17) is 14.2 Å². The number of rotatable bonds is 6. The molecular weight excluding hydrogens is 410 g/mol. The van der Waals surface area contributed by atoms with Crippen molar-refractivity contribution in [1.29, 1.82) is 0 Å². The van der Waals surface area contributed by atoms with E-state index in [2.05, 4.69) is 0 Å². The Kier molecular flexibility index (Phi) is 6.46. The van der Waals surface area contributed by atoms with E-state index in [1.54, 1.807) is 48.5 Å². The molecule has 32 heavy (non-hydrogen) atoms. The number of amides is 1. The van der Waals surface area contributed by atoms with Gasteiger partial charge < -0.3 is 14.2 Å². The molecule has 0 spiro atoms. The zero-order valence-corrected chi connectivity index (χ0v) is 17.2. The summed E-state index contributed by atoms with van der Waals surface area (Å²) in [4.78, 5) is 38.1. The highest BCUT2D eigenvalue weighted by atomic mass is 16.6. The molecule has 7 nitrogen and oxygen atoms in total. The lowest BCUT2D eigenvalue weighted by Crippen LogP contribution is -2.39. The molecule has 1 aliphatic rings. The van der Waals surface area contributed by atoms with E-state index in [1.165, 1.54) is 4.90 Å². The Bertz CT molecular complexity index is 1080. The van der Waals surface area contributed by atoms with Gasteiger partial charge in [0.15, 0.2) is 6.73 Å². The zero-order valence-electron chi connectivity index (χ0n) is 17.2. The van der Waals surface area contributed by atoms with Crippen LogP contribution >= 0.6 is 0 Å². The van der Waals surface area contributed by atoms with Gasteiger partial charge in [-0.1, -0.05) is 60.7 Å². The summed E-state index contributed by atoms with van der Waals surface area (Å²) in [7, 11) is 0. The Morgan fingerprint density at radius 1 is 0.875 bits per heavy atom. The van der Waals surface area contributed by atoms with Crippen molar-refractivity contribution in [2.45, 2.75) is 19.1 Å². The molecule has 1 fully saturated rings. The minimum absolute atomic E-state index is 0.110. The lowest BCUT2D eigenvalue weighted by Gasteiger charge is -2.20. The second-order valence-electron chi connectivity index (χ2n) is 7.22. The van der Waals surface area contributed by atoms with Gasteiger partial charge in [0.25, 0.3) is 0 Å². The van der Waals surface area contributed by atoms with Gasteiger partial charge >= 0.3 is 18.0 Å². The highest BCUT2D eigenvalue weighted by Gasteiger charge is 2.38. The average molecular weight is 431 g/mol. The molecule has 0 N–H and O–H groups in total. The van der Waals surface area contributed by atoms with Crippen LogP contribution in [0.4, 0.5) is 4.79 Å². The van der Waals surface area contributed by atoms with Gasteiger partial charge in [-0.15, -0.1) is 0 Å². The molecule has 0 aliphatic carbocycles. The summed E-state index contributed by atoms with van der Waals surface area (Å²) >= 11 is 0. The summed E-state index contributed by atoms with van der Waals surface area (Å²) in [5.74, 6) is -0.554. The molecule has 1 amide bonds. The number of carbonyl (C=O) groups excluding carboxylic acids is 3. The number of carbonyl (C=O) groups is 3. The number of ether oxygens (including phenoxy) is 3. The van der Waals surface area contributed by atoms with Gasteiger partial charge in [0.05, 0.1) is 5.56 Å². The van der Waals surface area contributed by atoms with E-state index < -0.39 is 24.1 Å². The molecular formula is C25H21NO6. The number of nitrogens with zero attached hydrogens (tertiary/aromatic N) is 1. The Hall–Kier alpha value is -4.13. The number of hydrogen-bond donors (Lipinski definition) is 0. The van der Waals surface area contributed by atoms with Crippen molar-refractivity contribution in [2.75, 3.05) is 6.73 Å². The number of hydrogen-bond acceptors (Lipinski definition) is 6. The van der Waals surface area contributed by atoms with E-state index >= 15 is 0 Å². The molecule has 4 rings (SSSR count). The summed E-state index contributed by atoms with van der Waals surface area (Å²) in [6, 6.07) is 24.0. The molecule has 1 saturated heterocycles. The van der Waals surface area contributed by atoms with Gasteiger partial charge in [-0.3, -0.25) is 4.90 Å². The topological polar surface area (TPSA) is 82.1 Å². The van der Waals surface area contributed by atoms with E-state index in [1.807, 2.05) is 36.4 Å². The molecule has 0 aromatic heterocycles. The van der Waals surface area contributed by atoms with Crippen LogP contribution in [0.3, 0.4) is 0 Å². The molecule has 3 aromatic carbocycles. The highest BCUT2D eigenvalue weighted by molar-refractivity contribution is 5.91. The van der Waals surface area contributed by atoms with Crippen molar-refractivity contribution in [1.82, 2.24) is 4.90 Å². The second-order valence-corrected chi connectivity index (χ2v) is 7.22. The Labute approximate surface area is 185 Å². The zero-order chi connectivity index (χ0) is 22.3. The first-order valence-electron chi connectivity index (χ1n) is 10.1. The van der Waals surface area contributed by atoms with Crippen molar-refractivity contribution in [3.8, 4) is 5.75 Å². The lowest BCUT2D eigenvalue weighted by atomic mass is 10.1. The smallest absolute Gasteiger partial charge is 0.413 e. The van der Waals surface area contributed by atoms with Crippen LogP contribution in [-0.2, 0) is 27.3 Å². The standard InChI is InChI=1S/C25H21NO6/c27-23(20-9-5-2-6-10-20)32-21-13-11-18(12-14-21)15-22-24(28)31-17-26(22)25(29)30-16-19-7-3-1-4-8-19/h1-14,22H,15-17H2/t22-/m0/s1. The Morgan fingerprint density at radius 2 is 1.53 bits per heavy atom. The van der Waals surface area contributed by atoms with E-state index in [9.17, 15) is 14.4 Å². The van der Waals surface area contributed by atoms with Crippen LogP contribution in [0.5, 0.6) is 5.75 Å². The monoisotopic (exact) mass is 431 g/mol. The first-order valence-corrected chi connectivity index (χ1v) is 10.1. The molecule has 0 saturated carbocycles. The third kappa shape index (κ3) is 5.13. The first kappa shape index (κ1) is 21.1. The van der Waals surface area contributed by atoms with Crippen molar-refractivity contribution >= 4 is 18.0 Å². The molecule has 7 heteroatoms. The van der Waals surface area contributed by atoms with Gasteiger partial charge in [0.1, 0.15) is 18.4 Å². The predicted molar refractivity (Wildman–Crippen MR) is 115 cm³/mol. The number of benzene rings is 3. The van der Waals surface area contributed by atoms with Crippen LogP contribution in [0.25, 0.3) is 0 Å². The lowest BCUT2D eigenvalue weighted by molar-refractivity contribution is -0.139. The fraction of sp³-hybridized carbons (Fsp3) is 0.160. The molecule has 0 bridgehead atoms. The van der Waals surface area contributed by atoms with Crippen molar-refractivity contribution in [3.05, 3.63) is 102 Å². The molecule has 0 radical (unpaired) electrons. The summed E-state index contributed by atoms with van der Waals surface area (Å²) in [5, 5.41) is 0.